The van der Waals surface area contributed by atoms with E-state index in [0.29, 0.717) is 41.3 Å². The van der Waals surface area contributed by atoms with Crippen molar-refractivity contribution in [1.82, 2.24) is 15.3 Å². The third-order valence-electron chi connectivity index (χ3n) is 9.99. The molecule has 6 nitrogen and oxygen atoms in total. The van der Waals surface area contributed by atoms with Gasteiger partial charge in [0.2, 0.25) is 5.95 Å². The van der Waals surface area contributed by atoms with Crippen LogP contribution < -0.4 is 16.0 Å². The highest BCUT2D eigenvalue weighted by atomic mass is 35.5. The van der Waals surface area contributed by atoms with Gasteiger partial charge in [-0.2, -0.15) is 4.98 Å². The average molecular weight is 542 g/mol. The minimum atomic E-state index is -0.464. The summed E-state index contributed by atoms with van der Waals surface area (Å²) in [7, 11) is 0. The van der Waals surface area contributed by atoms with Gasteiger partial charge in [-0.25, -0.2) is 9.37 Å². The van der Waals surface area contributed by atoms with E-state index in [1.165, 1.54) is 38.3 Å². The molecule has 0 saturated heterocycles. The molecule has 4 N–H and O–H groups in total. The van der Waals surface area contributed by atoms with Gasteiger partial charge in [0, 0.05) is 24.2 Å². The molecule has 206 valence electrons. The first-order valence-corrected chi connectivity index (χ1v) is 14.8. The van der Waals surface area contributed by atoms with Crippen LogP contribution in [0.3, 0.4) is 0 Å². The summed E-state index contributed by atoms with van der Waals surface area (Å²) < 4.78 is 14.7. The number of nitrogens with zero attached hydrogens (tertiary/aromatic N) is 2. The number of aliphatic hydroxyl groups is 1. The fourth-order valence-electron chi connectivity index (χ4n) is 8.21. The number of anilines is 2. The summed E-state index contributed by atoms with van der Waals surface area (Å²) in [6, 6.07) is 8.25. The number of halogens is 2. The molecular weight excluding hydrogens is 501 g/mol. The smallest absolute Gasteiger partial charge is 0.225 e. The minimum absolute atomic E-state index is 0.223. The summed E-state index contributed by atoms with van der Waals surface area (Å²) in [6.07, 6.45) is 11.6. The summed E-state index contributed by atoms with van der Waals surface area (Å²) in [5.74, 6) is 3.15. The lowest BCUT2D eigenvalue weighted by atomic mass is 9.48. The van der Waals surface area contributed by atoms with Crippen molar-refractivity contribution < 1.29 is 9.50 Å². The Morgan fingerprint density at radius 3 is 2.55 bits per heavy atom. The van der Waals surface area contributed by atoms with Crippen LogP contribution in [0.5, 0.6) is 0 Å². The number of nitrogens with one attached hydrogen (secondary N) is 3. The Morgan fingerprint density at radius 2 is 1.82 bits per heavy atom. The molecule has 7 rings (SSSR count). The highest BCUT2D eigenvalue weighted by Crippen LogP contribution is 2.60. The fourth-order valence-corrected chi connectivity index (χ4v) is 8.41. The van der Waals surface area contributed by atoms with Gasteiger partial charge in [0.25, 0.3) is 0 Å². The van der Waals surface area contributed by atoms with Gasteiger partial charge in [-0.15, -0.1) is 0 Å². The van der Waals surface area contributed by atoms with E-state index >= 15 is 0 Å². The summed E-state index contributed by atoms with van der Waals surface area (Å²) in [5.41, 5.74) is 0.707. The Kier molecular flexibility index (Phi) is 7.29. The molecule has 1 aromatic heterocycles. The molecule has 0 spiro atoms. The predicted octanol–water partition coefficient (Wildman–Crippen LogP) is 6.02. The van der Waals surface area contributed by atoms with E-state index in [1.807, 2.05) is 31.2 Å². The van der Waals surface area contributed by atoms with Gasteiger partial charge < -0.3 is 21.1 Å². The van der Waals surface area contributed by atoms with Crippen molar-refractivity contribution in [3.05, 3.63) is 46.9 Å². The fraction of sp³-hybridized carbons (Fsp3) is 0.667. The van der Waals surface area contributed by atoms with E-state index in [0.717, 1.165) is 50.3 Å². The predicted molar refractivity (Wildman–Crippen MR) is 150 cm³/mol. The van der Waals surface area contributed by atoms with E-state index in [-0.39, 0.29) is 11.2 Å². The van der Waals surface area contributed by atoms with Crippen molar-refractivity contribution in [3.8, 4) is 0 Å². The van der Waals surface area contributed by atoms with E-state index in [2.05, 4.69) is 25.9 Å². The molecule has 38 heavy (non-hydrogen) atoms. The topological polar surface area (TPSA) is 82.1 Å². The van der Waals surface area contributed by atoms with Crippen LogP contribution in [0.15, 0.2) is 30.5 Å². The minimum Gasteiger partial charge on any atom is -0.390 e. The monoisotopic (exact) mass is 541 g/mol. The SMILES string of the molecule is CC1(O)CCC(CNC2[C@@H]3CC4C[C@H]2CC(CNc2nc(NCc5ccccc5Cl)ncc2F)(C4)C3)CC1. The van der Waals surface area contributed by atoms with Crippen LogP contribution in [0.25, 0.3) is 0 Å². The number of hydrogen-bond donors (Lipinski definition) is 4. The van der Waals surface area contributed by atoms with Crippen molar-refractivity contribution in [3.63, 3.8) is 0 Å². The molecular formula is C30H41ClFN5O. The highest BCUT2D eigenvalue weighted by Gasteiger charge is 2.55. The second-order valence-electron chi connectivity index (χ2n) is 13.0. The molecule has 5 aliphatic carbocycles. The van der Waals surface area contributed by atoms with Crippen LogP contribution in [-0.4, -0.2) is 39.8 Å². The lowest BCUT2D eigenvalue weighted by molar-refractivity contribution is -0.0711. The van der Waals surface area contributed by atoms with Crippen LogP contribution in [-0.2, 0) is 6.54 Å². The number of benzene rings is 1. The quantitative estimate of drug-likeness (QED) is 0.311. The van der Waals surface area contributed by atoms with E-state index in [4.69, 9.17) is 11.6 Å². The van der Waals surface area contributed by atoms with E-state index in [9.17, 15) is 9.50 Å². The molecule has 5 atom stereocenters. The molecule has 1 aromatic carbocycles. The van der Waals surface area contributed by atoms with Crippen molar-refractivity contribution in [2.24, 2.45) is 29.1 Å². The molecule has 0 radical (unpaired) electrons. The Morgan fingerprint density at radius 1 is 1.08 bits per heavy atom. The Labute approximate surface area is 230 Å². The Hall–Kier alpha value is -1.96. The summed E-state index contributed by atoms with van der Waals surface area (Å²) in [4.78, 5) is 8.59. The van der Waals surface area contributed by atoms with Crippen molar-refractivity contribution in [2.75, 3.05) is 23.7 Å². The van der Waals surface area contributed by atoms with Gasteiger partial charge in [-0.3, -0.25) is 0 Å². The van der Waals surface area contributed by atoms with Crippen LogP contribution >= 0.6 is 11.6 Å². The average Bonchev–Trinajstić information content (AvgIpc) is 2.88. The normalized spacial score (nSPS) is 35.8. The Balaban J connectivity index is 1.05. The zero-order chi connectivity index (χ0) is 26.3. The second-order valence-corrected chi connectivity index (χ2v) is 13.4. The van der Waals surface area contributed by atoms with Gasteiger partial charge in [0.05, 0.1) is 11.8 Å². The zero-order valence-electron chi connectivity index (χ0n) is 22.4. The van der Waals surface area contributed by atoms with Crippen LogP contribution in [0.1, 0.15) is 70.3 Å². The van der Waals surface area contributed by atoms with Crippen molar-refractivity contribution in [2.45, 2.75) is 82.9 Å². The van der Waals surface area contributed by atoms with E-state index < -0.39 is 11.4 Å². The highest BCUT2D eigenvalue weighted by molar-refractivity contribution is 6.31. The number of aromatic nitrogens is 2. The molecule has 2 aromatic rings. The first kappa shape index (κ1) is 26.3. The molecule has 5 aliphatic rings. The first-order valence-electron chi connectivity index (χ1n) is 14.5. The van der Waals surface area contributed by atoms with Crippen LogP contribution in [0.4, 0.5) is 16.2 Å². The number of rotatable bonds is 9. The standard InChI is InChI=1S/C30H41ClFN5O/c1-29(38)8-6-19(7-9-29)15-33-26-22-10-20-11-23(26)14-30(12-20,13-22)18-36-27-25(32)17-35-28(37-27)34-16-21-4-2-3-5-24(21)31/h2-5,17,19-20,22-23,26,33,38H,6-16,18H2,1H3,(H2,34,35,36,37)/t19?,20?,22-,23+,26?,29?,30?. The van der Waals surface area contributed by atoms with Gasteiger partial charge in [-0.1, -0.05) is 29.8 Å². The lowest BCUT2D eigenvalue weighted by Gasteiger charge is -2.60. The van der Waals surface area contributed by atoms with Crippen LogP contribution in [0.2, 0.25) is 5.02 Å². The second kappa shape index (κ2) is 10.5. The van der Waals surface area contributed by atoms with Gasteiger partial charge >= 0.3 is 0 Å². The van der Waals surface area contributed by atoms with Crippen LogP contribution in [0, 0.1) is 34.9 Å². The Bertz CT molecular complexity index is 1120. The summed E-state index contributed by atoms with van der Waals surface area (Å²) in [5, 5.41) is 21.5. The maximum atomic E-state index is 14.7. The van der Waals surface area contributed by atoms with Crippen molar-refractivity contribution in [1.29, 1.82) is 0 Å². The molecule has 5 saturated carbocycles. The molecule has 5 fully saturated rings. The molecule has 4 bridgehead atoms. The van der Waals surface area contributed by atoms with Gasteiger partial charge in [0.15, 0.2) is 11.6 Å². The maximum Gasteiger partial charge on any atom is 0.225 e. The molecule has 0 amide bonds. The van der Waals surface area contributed by atoms with E-state index in [1.54, 1.807) is 0 Å². The van der Waals surface area contributed by atoms with Gasteiger partial charge in [-0.05, 0) is 112 Å². The third kappa shape index (κ3) is 5.66. The molecule has 8 heteroatoms. The van der Waals surface area contributed by atoms with Crippen molar-refractivity contribution >= 4 is 23.4 Å². The largest absolute Gasteiger partial charge is 0.390 e. The molecule has 1 heterocycles. The molecule has 0 aliphatic heterocycles. The zero-order valence-corrected chi connectivity index (χ0v) is 23.1. The first-order chi connectivity index (χ1) is 18.3. The maximum absolute atomic E-state index is 14.7. The number of hydrogen-bond acceptors (Lipinski definition) is 6. The molecule has 3 unspecified atom stereocenters. The lowest BCUT2D eigenvalue weighted by Crippen LogP contribution is -2.60. The third-order valence-corrected chi connectivity index (χ3v) is 10.4. The summed E-state index contributed by atoms with van der Waals surface area (Å²) >= 11 is 6.26. The van der Waals surface area contributed by atoms with Gasteiger partial charge in [0.1, 0.15) is 0 Å². The summed E-state index contributed by atoms with van der Waals surface area (Å²) in [6.45, 7) is 4.31.